The third-order valence-electron chi connectivity index (χ3n) is 8.74. The van der Waals surface area contributed by atoms with Crippen molar-refractivity contribution < 1.29 is 0 Å². The van der Waals surface area contributed by atoms with E-state index in [4.69, 9.17) is 0 Å². The molecule has 0 heterocycles. The Balaban J connectivity index is 3.89. The molecule has 0 saturated heterocycles. The molecule has 0 amide bonds. The Morgan fingerprint density at radius 2 is 0.400 bits per heavy atom. The monoisotopic (exact) mass is 513 g/mol. The van der Waals surface area contributed by atoms with Gasteiger partial charge in [-0.1, -0.05) is 45.4 Å². The SMILES string of the molecule is CCCCCCCCCCCCCCCCCCC[PH](CCCCC)(CCCCC)CCCCC. The normalized spacial score (nSPS) is 12.5. The van der Waals surface area contributed by atoms with Crippen molar-refractivity contribution >= 4 is 7.26 Å². The van der Waals surface area contributed by atoms with Crippen LogP contribution in [-0.4, -0.2) is 24.6 Å². The van der Waals surface area contributed by atoms with Crippen LogP contribution in [0, 0.1) is 0 Å². The first kappa shape index (κ1) is 35.4. The molecule has 0 aliphatic carbocycles. The van der Waals surface area contributed by atoms with E-state index in [0.717, 1.165) is 0 Å². The zero-order valence-corrected chi connectivity index (χ0v) is 26.7. The maximum absolute atomic E-state index is 2.38. The van der Waals surface area contributed by atoms with Crippen molar-refractivity contribution in [3.63, 3.8) is 0 Å². The summed E-state index contributed by atoms with van der Waals surface area (Å²) in [6, 6.07) is 0. The predicted molar refractivity (Wildman–Crippen MR) is 171 cm³/mol. The van der Waals surface area contributed by atoms with Gasteiger partial charge in [-0.05, 0) is 0 Å². The molecule has 0 atom stereocenters. The molecule has 214 valence electrons. The molecule has 0 unspecified atom stereocenters. The van der Waals surface area contributed by atoms with Crippen LogP contribution < -0.4 is 0 Å². The van der Waals surface area contributed by atoms with Crippen LogP contribution in [0.4, 0.5) is 0 Å². The van der Waals surface area contributed by atoms with Crippen LogP contribution in [0.15, 0.2) is 0 Å². The predicted octanol–water partition coefficient (Wildman–Crippen LogP) is 13.0. The minimum absolute atomic E-state index is 1.02. The average molecular weight is 513 g/mol. The molecular weight excluding hydrogens is 439 g/mol. The fourth-order valence-corrected chi connectivity index (χ4v) is 11.7. The second kappa shape index (κ2) is 29.0. The molecule has 0 bridgehead atoms. The number of unbranched alkanes of at least 4 members (excludes halogenated alkanes) is 22. The van der Waals surface area contributed by atoms with Crippen LogP contribution in [0.3, 0.4) is 0 Å². The molecule has 0 aromatic heterocycles. The van der Waals surface area contributed by atoms with Gasteiger partial charge < -0.3 is 0 Å². The summed E-state index contributed by atoms with van der Waals surface area (Å²) in [5.41, 5.74) is 0. The van der Waals surface area contributed by atoms with E-state index in [0.29, 0.717) is 0 Å². The number of rotatable bonds is 30. The van der Waals surface area contributed by atoms with Crippen molar-refractivity contribution in [2.24, 2.45) is 0 Å². The summed E-state index contributed by atoms with van der Waals surface area (Å²) in [7, 11) is -1.02. The third kappa shape index (κ3) is 24.5. The van der Waals surface area contributed by atoms with Gasteiger partial charge in [0.1, 0.15) is 0 Å². The summed E-state index contributed by atoms with van der Waals surface area (Å²) in [5, 5.41) is 0. The molecule has 0 radical (unpaired) electrons. The maximum atomic E-state index is 2.38. The van der Waals surface area contributed by atoms with Gasteiger partial charge in [-0.15, -0.1) is 0 Å². The van der Waals surface area contributed by atoms with Crippen molar-refractivity contribution in [2.75, 3.05) is 24.6 Å². The van der Waals surface area contributed by atoms with E-state index in [-0.39, 0.29) is 0 Å². The first-order valence-corrected chi connectivity index (χ1v) is 20.1. The van der Waals surface area contributed by atoms with Crippen molar-refractivity contribution in [1.82, 2.24) is 0 Å². The van der Waals surface area contributed by atoms with Crippen molar-refractivity contribution in [1.29, 1.82) is 0 Å². The van der Waals surface area contributed by atoms with E-state index in [9.17, 15) is 0 Å². The van der Waals surface area contributed by atoms with Crippen LogP contribution in [0.25, 0.3) is 0 Å². The zero-order valence-electron chi connectivity index (χ0n) is 25.7. The Hall–Kier alpha value is 0.430. The van der Waals surface area contributed by atoms with Gasteiger partial charge in [-0.25, -0.2) is 0 Å². The standard InChI is InChI=1S/C34H73P/c1-5-9-13-14-15-16-17-18-19-20-21-22-23-24-25-26-30-34-35(31-27-10-6-2,32-28-11-7-3)33-29-12-8-4/h35H,5-34H2,1-4H3. The number of hydrogen-bond acceptors (Lipinski definition) is 0. The van der Waals surface area contributed by atoms with E-state index in [1.54, 1.807) is 50.3 Å². The summed E-state index contributed by atoms with van der Waals surface area (Å²) in [5.74, 6) is 0. The Labute approximate surface area is 226 Å². The van der Waals surface area contributed by atoms with Crippen LogP contribution >= 0.6 is 7.26 Å². The average Bonchev–Trinajstić information content (AvgIpc) is 2.86. The Bertz CT molecular complexity index is 350. The second-order valence-corrected chi connectivity index (χ2v) is 17.3. The quantitative estimate of drug-likeness (QED) is 0.0663. The van der Waals surface area contributed by atoms with Gasteiger partial charge in [0.2, 0.25) is 0 Å². The van der Waals surface area contributed by atoms with Gasteiger partial charge in [-0.3, -0.25) is 0 Å². The van der Waals surface area contributed by atoms with Gasteiger partial charge >= 0.3 is 181 Å². The fraction of sp³-hybridized carbons (Fsp3) is 1.00. The van der Waals surface area contributed by atoms with E-state index < -0.39 is 7.26 Å². The third-order valence-corrected chi connectivity index (χ3v) is 14.4. The van der Waals surface area contributed by atoms with E-state index in [2.05, 4.69) is 27.7 Å². The van der Waals surface area contributed by atoms with Gasteiger partial charge in [-0.2, -0.15) is 0 Å². The molecule has 0 saturated carbocycles. The molecule has 0 nitrogen and oxygen atoms in total. The molecule has 35 heavy (non-hydrogen) atoms. The Morgan fingerprint density at radius 3 is 0.657 bits per heavy atom. The van der Waals surface area contributed by atoms with Crippen LogP contribution in [0.5, 0.6) is 0 Å². The van der Waals surface area contributed by atoms with Gasteiger partial charge in [0, 0.05) is 0 Å². The number of hydrogen-bond donors (Lipinski definition) is 0. The minimum atomic E-state index is -1.02. The summed E-state index contributed by atoms with van der Waals surface area (Å²) in [6.07, 6.45) is 45.3. The molecule has 0 rings (SSSR count). The molecule has 0 aromatic rings. The first-order valence-electron chi connectivity index (χ1n) is 17.2. The molecule has 0 fully saturated rings. The fourth-order valence-electron chi connectivity index (χ4n) is 6.22. The zero-order chi connectivity index (χ0) is 25.7. The van der Waals surface area contributed by atoms with E-state index in [1.807, 2.05) is 0 Å². The molecular formula is C34H73P. The van der Waals surface area contributed by atoms with Crippen LogP contribution in [0.1, 0.15) is 195 Å². The second-order valence-electron chi connectivity index (χ2n) is 12.3. The molecule has 0 aliphatic heterocycles. The molecule has 0 aliphatic rings. The Kier molecular flexibility index (Phi) is 29.3. The Morgan fingerprint density at radius 1 is 0.229 bits per heavy atom. The van der Waals surface area contributed by atoms with Crippen molar-refractivity contribution in [3.8, 4) is 0 Å². The summed E-state index contributed by atoms with van der Waals surface area (Å²) >= 11 is 0. The van der Waals surface area contributed by atoms with Crippen molar-refractivity contribution in [3.05, 3.63) is 0 Å². The van der Waals surface area contributed by atoms with E-state index >= 15 is 0 Å². The van der Waals surface area contributed by atoms with Crippen molar-refractivity contribution in [2.45, 2.75) is 195 Å². The molecule has 0 N–H and O–H groups in total. The van der Waals surface area contributed by atoms with Gasteiger partial charge in [0.25, 0.3) is 0 Å². The first-order chi connectivity index (χ1) is 17.2. The summed E-state index contributed by atoms with van der Waals surface area (Å²) < 4.78 is 0. The summed E-state index contributed by atoms with van der Waals surface area (Å²) in [4.78, 5) is 0. The van der Waals surface area contributed by atoms with Crippen LogP contribution in [-0.2, 0) is 0 Å². The summed E-state index contributed by atoms with van der Waals surface area (Å²) in [6.45, 7) is 9.46. The molecule has 0 aromatic carbocycles. The van der Waals surface area contributed by atoms with Crippen LogP contribution in [0.2, 0.25) is 0 Å². The molecule has 0 spiro atoms. The van der Waals surface area contributed by atoms with Gasteiger partial charge in [0.05, 0.1) is 0 Å². The van der Waals surface area contributed by atoms with E-state index in [1.165, 1.54) is 141 Å². The topological polar surface area (TPSA) is 0 Å². The molecule has 1 heteroatoms. The van der Waals surface area contributed by atoms with Gasteiger partial charge in [0.15, 0.2) is 0 Å².